The van der Waals surface area contributed by atoms with Crippen molar-refractivity contribution in [3.63, 3.8) is 0 Å². The maximum absolute atomic E-state index is 9.48. The van der Waals surface area contributed by atoms with Crippen molar-refractivity contribution in [2.75, 3.05) is 18.5 Å². The Bertz CT molecular complexity index is 351. The molecule has 0 aliphatic carbocycles. The van der Waals surface area contributed by atoms with Crippen LogP contribution < -0.4 is 5.32 Å². The van der Waals surface area contributed by atoms with Gasteiger partial charge in [0, 0.05) is 11.6 Å². The molecule has 16 heavy (non-hydrogen) atoms. The van der Waals surface area contributed by atoms with E-state index in [1.165, 1.54) is 6.07 Å². The number of anilines is 1. The lowest BCUT2D eigenvalue weighted by molar-refractivity contribution is 0.203. The fourth-order valence-corrected chi connectivity index (χ4v) is 1.23. The smallest absolute Gasteiger partial charge is 0.142 e. The maximum atomic E-state index is 9.48. The van der Waals surface area contributed by atoms with E-state index in [4.69, 9.17) is 15.3 Å². The molecule has 6 heteroatoms. The molecule has 6 nitrogen and oxygen atoms in total. The van der Waals surface area contributed by atoms with Crippen LogP contribution in [0.4, 0.5) is 5.69 Å². The van der Waals surface area contributed by atoms with Crippen LogP contribution in [0.1, 0.15) is 5.56 Å². The molecule has 0 amide bonds. The minimum absolute atomic E-state index is 0.213. The molecule has 0 aliphatic heterocycles. The molecule has 0 aromatic heterocycles. The molecule has 0 unspecified atom stereocenters. The van der Waals surface area contributed by atoms with Gasteiger partial charge in [0.2, 0.25) is 0 Å². The molecule has 1 aromatic rings. The Kier molecular flexibility index (Phi) is 4.36. The van der Waals surface area contributed by atoms with Crippen molar-refractivity contribution in [2.24, 2.45) is 0 Å². The van der Waals surface area contributed by atoms with Gasteiger partial charge >= 0.3 is 0 Å². The molecular formula is C10H15NO5. The second kappa shape index (κ2) is 5.55. The Hall–Kier alpha value is -1.50. The maximum Gasteiger partial charge on any atom is 0.142 e. The van der Waals surface area contributed by atoms with Crippen molar-refractivity contribution in [3.8, 4) is 11.5 Å². The Labute approximate surface area is 92.4 Å². The number of phenolic OH excluding ortho intramolecular Hbond substituents is 1. The molecule has 0 heterocycles. The van der Waals surface area contributed by atoms with Gasteiger partial charge in [0.15, 0.2) is 0 Å². The molecule has 1 rings (SSSR count). The number of benzene rings is 1. The number of nitrogens with one attached hydrogen (secondary N) is 1. The van der Waals surface area contributed by atoms with Crippen molar-refractivity contribution in [2.45, 2.75) is 12.6 Å². The summed E-state index contributed by atoms with van der Waals surface area (Å²) in [4.78, 5) is 0. The molecule has 0 atom stereocenters. The van der Waals surface area contributed by atoms with Crippen LogP contribution in [0.15, 0.2) is 12.1 Å². The van der Waals surface area contributed by atoms with E-state index in [1.807, 2.05) is 0 Å². The van der Waals surface area contributed by atoms with Crippen molar-refractivity contribution in [1.29, 1.82) is 0 Å². The highest BCUT2D eigenvalue weighted by atomic mass is 16.3. The van der Waals surface area contributed by atoms with Gasteiger partial charge < -0.3 is 30.8 Å². The summed E-state index contributed by atoms with van der Waals surface area (Å²) in [6.45, 7) is -0.972. The van der Waals surface area contributed by atoms with E-state index in [9.17, 15) is 10.2 Å². The number of aliphatic hydroxyl groups is 3. The number of aliphatic hydroxyl groups excluding tert-OH is 3. The number of aromatic hydroxyl groups is 2. The third kappa shape index (κ3) is 2.75. The fourth-order valence-electron chi connectivity index (χ4n) is 1.23. The zero-order chi connectivity index (χ0) is 12.1. The van der Waals surface area contributed by atoms with Crippen LogP contribution in [0, 0.1) is 0 Å². The SMILES string of the molecule is OCc1cc(NC(CO)CO)c(O)cc1O. The van der Waals surface area contributed by atoms with Crippen molar-refractivity contribution in [1.82, 2.24) is 0 Å². The summed E-state index contributed by atoms with van der Waals surface area (Å²) < 4.78 is 0. The van der Waals surface area contributed by atoms with Crippen LogP contribution in [0.5, 0.6) is 11.5 Å². The average molecular weight is 229 g/mol. The van der Waals surface area contributed by atoms with E-state index in [0.29, 0.717) is 0 Å². The van der Waals surface area contributed by atoms with Gasteiger partial charge in [-0.2, -0.15) is 0 Å². The van der Waals surface area contributed by atoms with Crippen LogP contribution in [0.2, 0.25) is 0 Å². The second-order valence-corrected chi connectivity index (χ2v) is 3.36. The molecule has 0 bridgehead atoms. The molecule has 0 spiro atoms. The summed E-state index contributed by atoms with van der Waals surface area (Å²) in [6, 6.07) is 1.82. The van der Waals surface area contributed by atoms with Crippen LogP contribution in [-0.2, 0) is 6.61 Å². The molecule has 0 aliphatic rings. The van der Waals surface area contributed by atoms with Gasteiger partial charge in [-0.1, -0.05) is 0 Å². The standard InChI is InChI=1S/C10H15NO5/c12-3-6-1-8(10(16)2-9(6)15)11-7(4-13)5-14/h1-2,7,11-16H,3-5H2. The lowest BCUT2D eigenvalue weighted by atomic mass is 10.1. The topological polar surface area (TPSA) is 113 Å². The highest BCUT2D eigenvalue weighted by Crippen LogP contribution is 2.31. The van der Waals surface area contributed by atoms with E-state index in [2.05, 4.69) is 5.32 Å². The third-order valence-electron chi connectivity index (χ3n) is 2.17. The molecule has 1 aromatic carbocycles. The van der Waals surface area contributed by atoms with Crippen molar-refractivity contribution < 1.29 is 25.5 Å². The van der Waals surface area contributed by atoms with Gasteiger partial charge in [-0.05, 0) is 6.07 Å². The summed E-state index contributed by atoms with van der Waals surface area (Å²) >= 11 is 0. The number of rotatable bonds is 5. The Morgan fingerprint density at radius 3 is 2.12 bits per heavy atom. The Morgan fingerprint density at radius 2 is 1.62 bits per heavy atom. The first kappa shape index (κ1) is 12.6. The van der Waals surface area contributed by atoms with E-state index in [-0.39, 0.29) is 42.6 Å². The number of phenols is 2. The summed E-state index contributed by atoms with van der Waals surface area (Å²) in [5.41, 5.74) is 0.477. The number of hydrogen-bond acceptors (Lipinski definition) is 6. The Morgan fingerprint density at radius 1 is 1.00 bits per heavy atom. The third-order valence-corrected chi connectivity index (χ3v) is 2.17. The van der Waals surface area contributed by atoms with Crippen LogP contribution in [-0.4, -0.2) is 44.8 Å². The normalized spacial score (nSPS) is 10.8. The molecule has 6 N–H and O–H groups in total. The summed E-state index contributed by atoms with van der Waals surface area (Å²) in [5.74, 6) is -0.434. The monoisotopic (exact) mass is 229 g/mol. The minimum atomic E-state index is -0.609. The minimum Gasteiger partial charge on any atom is -0.507 e. The van der Waals surface area contributed by atoms with Crippen molar-refractivity contribution in [3.05, 3.63) is 17.7 Å². The Balaban J connectivity index is 2.95. The van der Waals surface area contributed by atoms with E-state index >= 15 is 0 Å². The van der Waals surface area contributed by atoms with E-state index in [0.717, 1.165) is 6.07 Å². The second-order valence-electron chi connectivity index (χ2n) is 3.36. The van der Waals surface area contributed by atoms with Gasteiger partial charge in [-0.25, -0.2) is 0 Å². The zero-order valence-corrected chi connectivity index (χ0v) is 8.59. The fraction of sp³-hybridized carbons (Fsp3) is 0.400. The van der Waals surface area contributed by atoms with Crippen LogP contribution >= 0.6 is 0 Å². The first-order chi connectivity index (χ1) is 7.62. The van der Waals surface area contributed by atoms with Gasteiger partial charge in [-0.3, -0.25) is 0 Å². The van der Waals surface area contributed by atoms with Gasteiger partial charge in [0.05, 0.1) is 31.5 Å². The molecule has 0 radical (unpaired) electrons. The highest BCUT2D eigenvalue weighted by molar-refractivity contribution is 5.61. The number of hydrogen-bond donors (Lipinski definition) is 6. The van der Waals surface area contributed by atoms with Gasteiger partial charge in [0.25, 0.3) is 0 Å². The lowest BCUT2D eigenvalue weighted by Crippen LogP contribution is -2.27. The van der Waals surface area contributed by atoms with Crippen LogP contribution in [0.25, 0.3) is 0 Å². The first-order valence-corrected chi connectivity index (χ1v) is 4.76. The van der Waals surface area contributed by atoms with E-state index in [1.54, 1.807) is 0 Å². The lowest BCUT2D eigenvalue weighted by Gasteiger charge is -2.17. The largest absolute Gasteiger partial charge is 0.507 e. The van der Waals surface area contributed by atoms with Gasteiger partial charge in [0.1, 0.15) is 11.5 Å². The molecule has 0 fully saturated rings. The predicted molar refractivity (Wildman–Crippen MR) is 57.3 cm³/mol. The quantitative estimate of drug-likeness (QED) is 0.295. The zero-order valence-electron chi connectivity index (χ0n) is 8.59. The predicted octanol–water partition coefficient (Wildman–Crippen LogP) is -0.645. The molecular weight excluding hydrogens is 214 g/mol. The molecule has 0 saturated heterocycles. The van der Waals surface area contributed by atoms with Gasteiger partial charge in [-0.15, -0.1) is 0 Å². The average Bonchev–Trinajstić information content (AvgIpc) is 2.28. The summed E-state index contributed by atoms with van der Waals surface area (Å²) in [5, 5.41) is 48.1. The van der Waals surface area contributed by atoms with E-state index < -0.39 is 6.04 Å². The summed E-state index contributed by atoms with van der Waals surface area (Å²) in [6.07, 6.45) is 0. The molecule has 0 saturated carbocycles. The highest BCUT2D eigenvalue weighted by Gasteiger charge is 2.11. The first-order valence-electron chi connectivity index (χ1n) is 4.76. The summed E-state index contributed by atoms with van der Waals surface area (Å²) in [7, 11) is 0. The molecule has 90 valence electrons. The van der Waals surface area contributed by atoms with Crippen molar-refractivity contribution >= 4 is 5.69 Å². The van der Waals surface area contributed by atoms with Crippen LogP contribution in [0.3, 0.4) is 0 Å².